The average molecular weight is 456 g/mol. The van der Waals surface area contributed by atoms with Crippen molar-refractivity contribution < 1.29 is 9.90 Å². The van der Waals surface area contributed by atoms with E-state index in [1.165, 1.54) is 0 Å². The van der Waals surface area contributed by atoms with Gasteiger partial charge in [0.25, 0.3) is 0 Å². The molecule has 2 N–H and O–H groups in total. The molecule has 0 aliphatic rings. The summed E-state index contributed by atoms with van der Waals surface area (Å²) >= 11 is 4.11. The number of nitrogens with zero attached hydrogens (tertiary/aromatic N) is 1. The van der Waals surface area contributed by atoms with Crippen LogP contribution >= 0.6 is 45.2 Å². The number of phenols is 1. The minimum atomic E-state index is -0.135. The molecule has 17 heavy (non-hydrogen) atoms. The van der Waals surface area contributed by atoms with Crippen LogP contribution in [0.3, 0.4) is 0 Å². The standard InChI is InChI=1S/C11H10I2N2O2/c12-8-5-7(6-9(13)11(8)17)1-2-10(16)15-4-3-14/h5-6,17H,1-2,4H2,(H,15,16). The van der Waals surface area contributed by atoms with Gasteiger partial charge in [-0.1, -0.05) is 0 Å². The topological polar surface area (TPSA) is 73.1 Å². The number of aromatic hydroxyl groups is 1. The van der Waals surface area contributed by atoms with Crippen LogP contribution in [0.4, 0.5) is 0 Å². The Morgan fingerprint density at radius 2 is 2.00 bits per heavy atom. The molecule has 0 aromatic heterocycles. The summed E-state index contributed by atoms with van der Waals surface area (Å²) in [6, 6.07) is 5.57. The van der Waals surface area contributed by atoms with Gasteiger partial charge < -0.3 is 10.4 Å². The van der Waals surface area contributed by atoms with Crippen LogP contribution in [-0.2, 0) is 11.2 Å². The Bertz CT molecular complexity index is 446. The number of nitriles is 1. The SMILES string of the molecule is N#CCNC(=O)CCc1cc(I)c(O)c(I)c1. The summed E-state index contributed by atoms with van der Waals surface area (Å²) in [7, 11) is 0. The molecule has 0 spiro atoms. The Morgan fingerprint density at radius 3 is 2.53 bits per heavy atom. The minimum absolute atomic E-state index is 0.0451. The van der Waals surface area contributed by atoms with Crippen LogP contribution in [-0.4, -0.2) is 17.6 Å². The van der Waals surface area contributed by atoms with Gasteiger partial charge in [0.1, 0.15) is 12.3 Å². The van der Waals surface area contributed by atoms with Crippen LogP contribution in [0.25, 0.3) is 0 Å². The molecular weight excluding hydrogens is 446 g/mol. The molecule has 4 nitrogen and oxygen atoms in total. The third-order valence-corrected chi connectivity index (χ3v) is 3.73. The lowest BCUT2D eigenvalue weighted by Crippen LogP contribution is -2.23. The van der Waals surface area contributed by atoms with Gasteiger partial charge in [0.05, 0.1) is 13.2 Å². The van der Waals surface area contributed by atoms with Crippen LogP contribution in [0.5, 0.6) is 5.75 Å². The van der Waals surface area contributed by atoms with Crippen LogP contribution in [0.15, 0.2) is 12.1 Å². The smallest absolute Gasteiger partial charge is 0.221 e. The number of hydrogen-bond donors (Lipinski definition) is 2. The second-order valence-electron chi connectivity index (χ2n) is 3.34. The highest BCUT2D eigenvalue weighted by molar-refractivity contribution is 14.1. The highest BCUT2D eigenvalue weighted by atomic mass is 127. The molecule has 0 atom stereocenters. The van der Waals surface area contributed by atoms with Gasteiger partial charge in [-0.05, 0) is 69.3 Å². The highest BCUT2D eigenvalue weighted by Gasteiger charge is 2.07. The summed E-state index contributed by atoms with van der Waals surface area (Å²) in [6.45, 7) is 0.0451. The maximum atomic E-state index is 11.3. The summed E-state index contributed by atoms with van der Waals surface area (Å²) in [5, 5.41) is 20.4. The van der Waals surface area contributed by atoms with E-state index in [0.717, 1.165) is 12.7 Å². The molecule has 1 aromatic carbocycles. The summed E-state index contributed by atoms with van der Waals surface area (Å²) < 4.78 is 1.56. The molecule has 0 aliphatic heterocycles. The molecule has 0 saturated carbocycles. The quantitative estimate of drug-likeness (QED) is 0.540. The summed E-state index contributed by atoms with van der Waals surface area (Å²) in [5.74, 6) is 0.147. The van der Waals surface area contributed by atoms with E-state index in [1.807, 2.05) is 18.2 Å². The molecule has 90 valence electrons. The Balaban J connectivity index is 2.59. The van der Waals surface area contributed by atoms with Crippen LogP contribution < -0.4 is 5.32 Å². The van der Waals surface area contributed by atoms with Crippen molar-refractivity contribution in [1.29, 1.82) is 5.26 Å². The number of halogens is 2. The molecule has 0 fully saturated rings. The van der Waals surface area contributed by atoms with E-state index in [0.29, 0.717) is 12.8 Å². The van der Waals surface area contributed by atoms with Crippen LogP contribution in [0.1, 0.15) is 12.0 Å². The van der Waals surface area contributed by atoms with Crippen molar-refractivity contribution in [2.24, 2.45) is 0 Å². The lowest BCUT2D eigenvalue weighted by molar-refractivity contribution is -0.120. The number of carbonyl (C=O) groups excluding carboxylic acids is 1. The fraction of sp³-hybridized carbons (Fsp3) is 0.273. The van der Waals surface area contributed by atoms with Gasteiger partial charge in [-0.15, -0.1) is 0 Å². The second kappa shape index (κ2) is 7.00. The van der Waals surface area contributed by atoms with Crippen molar-refractivity contribution in [3.8, 4) is 11.8 Å². The zero-order valence-corrected chi connectivity index (χ0v) is 13.1. The molecule has 1 aromatic rings. The molecule has 6 heteroatoms. The van der Waals surface area contributed by atoms with E-state index >= 15 is 0 Å². The molecule has 0 heterocycles. The lowest BCUT2D eigenvalue weighted by atomic mass is 10.1. The van der Waals surface area contributed by atoms with Crippen molar-refractivity contribution in [1.82, 2.24) is 5.32 Å². The molecule has 0 unspecified atom stereocenters. The van der Waals surface area contributed by atoms with Crippen molar-refractivity contribution in [2.75, 3.05) is 6.54 Å². The van der Waals surface area contributed by atoms with Crippen LogP contribution in [0.2, 0.25) is 0 Å². The van der Waals surface area contributed by atoms with Gasteiger partial charge >= 0.3 is 0 Å². The monoisotopic (exact) mass is 456 g/mol. The summed E-state index contributed by atoms with van der Waals surface area (Å²) in [5.41, 5.74) is 1.00. The predicted octanol–water partition coefficient (Wildman–Crippen LogP) is 2.17. The Morgan fingerprint density at radius 1 is 1.41 bits per heavy atom. The Kier molecular flexibility index (Phi) is 5.97. The number of rotatable bonds is 4. The molecule has 0 radical (unpaired) electrons. The fourth-order valence-corrected chi connectivity index (χ4v) is 3.14. The fourth-order valence-electron chi connectivity index (χ4n) is 1.25. The third-order valence-electron chi connectivity index (χ3n) is 2.08. The first-order valence-electron chi connectivity index (χ1n) is 4.85. The molecule has 0 saturated heterocycles. The summed E-state index contributed by atoms with van der Waals surface area (Å²) in [6.07, 6.45) is 0.947. The van der Waals surface area contributed by atoms with Gasteiger partial charge in [-0.2, -0.15) is 5.26 Å². The zero-order chi connectivity index (χ0) is 12.8. The first-order valence-corrected chi connectivity index (χ1v) is 7.01. The van der Waals surface area contributed by atoms with Gasteiger partial charge in [0.2, 0.25) is 5.91 Å². The zero-order valence-electron chi connectivity index (χ0n) is 8.83. The summed E-state index contributed by atoms with van der Waals surface area (Å²) in [4.78, 5) is 11.3. The Labute approximate surface area is 127 Å². The first kappa shape index (κ1) is 14.5. The first-order chi connectivity index (χ1) is 8.04. The number of hydrogen-bond acceptors (Lipinski definition) is 3. The van der Waals surface area contributed by atoms with Crippen molar-refractivity contribution >= 4 is 51.1 Å². The average Bonchev–Trinajstić information content (AvgIpc) is 2.30. The van der Waals surface area contributed by atoms with Gasteiger partial charge in [0.15, 0.2) is 0 Å². The van der Waals surface area contributed by atoms with E-state index in [1.54, 1.807) is 0 Å². The molecule has 0 aliphatic carbocycles. The maximum Gasteiger partial charge on any atom is 0.221 e. The molecular formula is C11H10I2N2O2. The predicted molar refractivity (Wildman–Crippen MR) is 80.5 cm³/mol. The van der Waals surface area contributed by atoms with E-state index in [9.17, 15) is 9.90 Å². The number of carbonyl (C=O) groups is 1. The largest absolute Gasteiger partial charge is 0.506 e. The van der Waals surface area contributed by atoms with Crippen molar-refractivity contribution in [2.45, 2.75) is 12.8 Å². The number of benzene rings is 1. The van der Waals surface area contributed by atoms with Gasteiger partial charge in [0, 0.05) is 6.42 Å². The molecule has 1 rings (SSSR count). The normalized spacial score (nSPS) is 9.71. The van der Waals surface area contributed by atoms with E-state index < -0.39 is 0 Å². The number of aryl methyl sites for hydroxylation is 1. The number of amides is 1. The lowest BCUT2D eigenvalue weighted by Gasteiger charge is -2.06. The van der Waals surface area contributed by atoms with Gasteiger partial charge in [-0.25, -0.2) is 0 Å². The van der Waals surface area contributed by atoms with Gasteiger partial charge in [-0.3, -0.25) is 4.79 Å². The molecule has 0 bridgehead atoms. The maximum absolute atomic E-state index is 11.3. The Hall–Kier alpha value is -0.560. The third kappa shape index (κ3) is 4.67. The van der Waals surface area contributed by atoms with E-state index in [4.69, 9.17) is 5.26 Å². The highest BCUT2D eigenvalue weighted by Crippen LogP contribution is 2.27. The second-order valence-corrected chi connectivity index (χ2v) is 5.67. The van der Waals surface area contributed by atoms with E-state index in [2.05, 4.69) is 50.5 Å². The number of phenolic OH excluding ortho intramolecular Hbond substituents is 1. The van der Waals surface area contributed by atoms with E-state index in [-0.39, 0.29) is 18.2 Å². The van der Waals surface area contributed by atoms with Crippen LogP contribution in [0, 0.1) is 18.5 Å². The number of nitrogens with one attached hydrogen (secondary N) is 1. The minimum Gasteiger partial charge on any atom is -0.506 e. The molecule has 1 amide bonds. The van der Waals surface area contributed by atoms with Crippen molar-refractivity contribution in [3.05, 3.63) is 24.8 Å². The van der Waals surface area contributed by atoms with Crippen molar-refractivity contribution in [3.63, 3.8) is 0 Å².